The van der Waals surface area contributed by atoms with Crippen molar-refractivity contribution in [1.29, 1.82) is 0 Å². The second kappa shape index (κ2) is 8.52. The predicted octanol–water partition coefficient (Wildman–Crippen LogP) is 3.89. The van der Waals surface area contributed by atoms with Crippen LogP contribution in [0.1, 0.15) is 34.2 Å². The molecule has 6 heteroatoms. The number of hydrogen-bond donors (Lipinski definition) is 0. The van der Waals surface area contributed by atoms with Gasteiger partial charge in [0, 0.05) is 30.6 Å². The van der Waals surface area contributed by atoms with Gasteiger partial charge in [-0.3, -0.25) is 9.00 Å². The topological polar surface area (TPSA) is 55.2 Å². The number of carbonyl (C=O) groups excluding carboxylic acids is 1. The lowest BCUT2D eigenvalue weighted by Gasteiger charge is -2.19. The summed E-state index contributed by atoms with van der Waals surface area (Å²) in [6.07, 6.45) is 0. The third-order valence-electron chi connectivity index (χ3n) is 4.81. The summed E-state index contributed by atoms with van der Waals surface area (Å²) in [5.41, 5.74) is 4.41. The number of para-hydroxylation sites is 1. The SMILES string of the molecule is CCS(=O)c1ccccc1C(=O)N(C)Cc1c(C)nn(-c2ccccc2)c1C. The van der Waals surface area contributed by atoms with E-state index in [2.05, 4.69) is 5.10 Å². The number of carbonyl (C=O) groups is 1. The van der Waals surface area contributed by atoms with Crippen molar-refractivity contribution < 1.29 is 9.00 Å². The largest absolute Gasteiger partial charge is 0.337 e. The van der Waals surface area contributed by atoms with Crippen molar-refractivity contribution in [3.05, 3.63) is 77.1 Å². The molecule has 146 valence electrons. The minimum atomic E-state index is -1.18. The van der Waals surface area contributed by atoms with E-state index in [4.69, 9.17) is 0 Å². The van der Waals surface area contributed by atoms with Crippen LogP contribution in [0, 0.1) is 13.8 Å². The van der Waals surface area contributed by atoms with E-state index in [0.717, 1.165) is 22.6 Å². The highest BCUT2D eigenvalue weighted by molar-refractivity contribution is 7.85. The fourth-order valence-corrected chi connectivity index (χ4v) is 4.18. The predicted molar refractivity (Wildman–Crippen MR) is 112 cm³/mol. The van der Waals surface area contributed by atoms with E-state index in [1.807, 2.05) is 61.9 Å². The molecular formula is C22H25N3O2S. The van der Waals surface area contributed by atoms with Crippen LogP contribution in [0.4, 0.5) is 0 Å². The summed E-state index contributed by atoms with van der Waals surface area (Å²) in [5.74, 6) is 0.347. The standard InChI is InChI=1S/C22H25N3O2S/c1-5-28(27)21-14-10-9-13-19(21)22(26)24(4)15-20-16(2)23-25(17(20)3)18-11-7-6-8-12-18/h6-14H,5,15H2,1-4H3. The Bertz CT molecular complexity index is 1010. The molecule has 0 N–H and O–H groups in total. The minimum absolute atomic E-state index is 0.135. The first-order chi connectivity index (χ1) is 13.4. The number of aryl methyl sites for hydroxylation is 1. The molecule has 0 saturated carbocycles. The average Bonchev–Trinajstić information content (AvgIpc) is 3.01. The lowest BCUT2D eigenvalue weighted by Crippen LogP contribution is -2.27. The number of aromatic nitrogens is 2. The van der Waals surface area contributed by atoms with E-state index in [1.165, 1.54) is 0 Å². The molecule has 0 spiro atoms. The maximum Gasteiger partial charge on any atom is 0.255 e. The van der Waals surface area contributed by atoms with Crippen LogP contribution in [0.2, 0.25) is 0 Å². The van der Waals surface area contributed by atoms with Gasteiger partial charge in [0.25, 0.3) is 5.91 Å². The molecule has 0 aliphatic carbocycles. The van der Waals surface area contributed by atoms with Crippen molar-refractivity contribution in [3.8, 4) is 5.69 Å². The molecule has 1 atom stereocenters. The van der Waals surface area contributed by atoms with E-state index >= 15 is 0 Å². The zero-order valence-electron chi connectivity index (χ0n) is 16.7. The minimum Gasteiger partial charge on any atom is -0.337 e. The normalized spacial score (nSPS) is 12.0. The highest BCUT2D eigenvalue weighted by atomic mass is 32.2. The van der Waals surface area contributed by atoms with Gasteiger partial charge in [0.15, 0.2) is 0 Å². The van der Waals surface area contributed by atoms with Crippen LogP contribution in [0.5, 0.6) is 0 Å². The van der Waals surface area contributed by atoms with Gasteiger partial charge in [-0.2, -0.15) is 5.10 Å². The average molecular weight is 396 g/mol. The van der Waals surface area contributed by atoms with Crippen molar-refractivity contribution in [3.63, 3.8) is 0 Å². The van der Waals surface area contributed by atoms with Crippen molar-refractivity contribution >= 4 is 16.7 Å². The fraction of sp³-hybridized carbons (Fsp3) is 0.273. The molecule has 3 aromatic rings. The molecule has 3 rings (SSSR count). The lowest BCUT2D eigenvalue weighted by atomic mass is 10.1. The Morgan fingerprint density at radius 2 is 1.71 bits per heavy atom. The molecule has 0 radical (unpaired) electrons. The van der Waals surface area contributed by atoms with E-state index in [0.29, 0.717) is 22.8 Å². The lowest BCUT2D eigenvalue weighted by molar-refractivity contribution is 0.0781. The van der Waals surface area contributed by atoms with E-state index in [-0.39, 0.29) is 5.91 Å². The van der Waals surface area contributed by atoms with Gasteiger partial charge >= 0.3 is 0 Å². The molecule has 28 heavy (non-hydrogen) atoms. The Morgan fingerprint density at radius 3 is 2.39 bits per heavy atom. The second-order valence-corrected chi connectivity index (χ2v) is 8.40. The van der Waals surface area contributed by atoms with Gasteiger partial charge in [-0.05, 0) is 38.1 Å². The summed E-state index contributed by atoms with van der Waals surface area (Å²) in [6, 6.07) is 17.1. The van der Waals surface area contributed by atoms with Crippen LogP contribution in [0.3, 0.4) is 0 Å². The van der Waals surface area contributed by atoms with Gasteiger partial charge in [-0.15, -0.1) is 0 Å². The summed E-state index contributed by atoms with van der Waals surface area (Å²) >= 11 is 0. The van der Waals surface area contributed by atoms with Gasteiger partial charge < -0.3 is 4.90 Å². The maximum absolute atomic E-state index is 13.1. The first-order valence-corrected chi connectivity index (χ1v) is 10.6. The fourth-order valence-electron chi connectivity index (χ4n) is 3.24. The molecule has 0 aliphatic rings. The molecule has 2 aromatic carbocycles. The number of nitrogens with zero attached hydrogens (tertiary/aromatic N) is 3. The van der Waals surface area contributed by atoms with Gasteiger partial charge in [0.1, 0.15) is 0 Å². The Hall–Kier alpha value is -2.73. The molecule has 0 saturated heterocycles. The molecule has 1 heterocycles. The Labute approximate surface area is 168 Å². The van der Waals surface area contributed by atoms with Gasteiger partial charge in [-0.25, -0.2) is 4.68 Å². The Kier molecular flexibility index (Phi) is 6.09. The number of benzene rings is 2. The van der Waals surface area contributed by atoms with Crippen molar-refractivity contribution in [2.75, 3.05) is 12.8 Å². The molecule has 0 bridgehead atoms. The van der Waals surface area contributed by atoms with E-state index in [9.17, 15) is 9.00 Å². The zero-order chi connectivity index (χ0) is 20.3. The maximum atomic E-state index is 13.1. The van der Waals surface area contributed by atoms with E-state index in [1.54, 1.807) is 30.1 Å². The first kappa shape index (κ1) is 20.0. The molecule has 0 aliphatic heterocycles. The molecule has 1 aromatic heterocycles. The summed E-state index contributed by atoms with van der Waals surface area (Å²) in [4.78, 5) is 15.3. The van der Waals surface area contributed by atoms with Crippen LogP contribution in [-0.4, -0.2) is 37.6 Å². The highest BCUT2D eigenvalue weighted by Gasteiger charge is 2.21. The van der Waals surface area contributed by atoms with E-state index < -0.39 is 10.8 Å². The summed E-state index contributed by atoms with van der Waals surface area (Å²) in [5, 5.41) is 4.65. The second-order valence-electron chi connectivity index (χ2n) is 6.69. The monoisotopic (exact) mass is 395 g/mol. The van der Waals surface area contributed by atoms with Crippen molar-refractivity contribution in [1.82, 2.24) is 14.7 Å². The summed E-state index contributed by atoms with van der Waals surface area (Å²) in [6.45, 7) is 6.27. The van der Waals surface area contributed by atoms with Gasteiger partial charge in [0.05, 0.1) is 32.6 Å². The third-order valence-corrected chi connectivity index (χ3v) is 6.18. The molecule has 5 nitrogen and oxygen atoms in total. The Morgan fingerprint density at radius 1 is 1.07 bits per heavy atom. The number of rotatable bonds is 6. The quantitative estimate of drug-likeness (QED) is 0.636. The van der Waals surface area contributed by atoms with Crippen LogP contribution in [-0.2, 0) is 17.3 Å². The number of hydrogen-bond acceptors (Lipinski definition) is 3. The molecule has 1 unspecified atom stereocenters. The van der Waals surface area contributed by atoms with Crippen molar-refractivity contribution in [2.24, 2.45) is 0 Å². The van der Waals surface area contributed by atoms with Crippen LogP contribution in [0.15, 0.2) is 59.5 Å². The molecule has 1 amide bonds. The van der Waals surface area contributed by atoms with Gasteiger partial charge in [-0.1, -0.05) is 37.3 Å². The van der Waals surface area contributed by atoms with Gasteiger partial charge in [0.2, 0.25) is 0 Å². The van der Waals surface area contributed by atoms with Crippen LogP contribution >= 0.6 is 0 Å². The summed E-state index contributed by atoms with van der Waals surface area (Å²) in [7, 11) is 0.591. The molecule has 0 fully saturated rings. The number of amides is 1. The van der Waals surface area contributed by atoms with Crippen molar-refractivity contribution in [2.45, 2.75) is 32.2 Å². The molecular weight excluding hydrogens is 370 g/mol. The zero-order valence-corrected chi connectivity index (χ0v) is 17.5. The Balaban J connectivity index is 1.88. The smallest absolute Gasteiger partial charge is 0.255 e. The third kappa shape index (κ3) is 3.92. The van der Waals surface area contributed by atoms with Crippen LogP contribution < -0.4 is 0 Å². The summed E-state index contributed by atoms with van der Waals surface area (Å²) < 4.78 is 14.2. The first-order valence-electron chi connectivity index (χ1n) is 9.27. The highest BCUT2D eigenvalue weighted by Crippen LogP contribution is 2.21. The van der Waals surface area contributed by atoms with Crippen LogP contribution in [0.25, 0.3) is 5.69 Å².